The highest BCUT2D eigenvalue weighted by atomic mass is 35.5. The van der Waals surface area contributed by atoms with Crippen LogP contribution in [0.1, 0.15) is 24.5 Å². The monoisotopic (exact) mass is 353 g/mol. The van der Waals surface area contributed by atoms with E-state index in [2.05, 4.69) is 0 Å². The number of benzene rings is 1. The van der Waals surface area contributed by atoms with Gasteiger partial charge in [0.2, 0.25) is 10.0 Å². The van der Waals surface area contributed by atoms with E-state index in [1.54, 1.807) is 11.8 Å². The van der Waals surface area contributed by atoms with Gasteiger partial charge in [0.05, 0.1) is 4.90 Å². The molecule has 0 aliphatic heterocycles. The van der Waals surface area contributed by atoms with Crippen molar-refractivity contribution in [3.63, 3.8) is 0 Å². The molecular weight excluding hydrogens is 333 g/mol. The predicted octanol–water partition coefficient (Wildman–Crippen LogP) is 3.64. The van der Waals surface area contributed by atoms with Crippen LogP contribution in [0.2, 0.25) is 0 Å². The average Bonchev–Trinajstić information content (AvgIpc) is 2.46. The summed E-state index contributed by atoms with van der Waals surface area (Å²) in [4.78, 5) is -0.00310. The van der Waals surface area contributed by atoms with Crippen LogP contribution >= 0.6 is 23.4 Å². The summed E-state index contributed by atoms with van der Waals surface area (Å²) in [5.41, 5.74) is 0.594. The van der Waals surface area contributed by atoms with Crippen LogP contribution in [0.3, 0.4) is 0 Å². The fourth-order valence-corrected chi connectivity index (χ4v) is 4.32. The highest BCUT2D eigenvalue weighted by molar-refractivity contribution is 7.98. The largest absolute Gasteiger partial charge is 0.243 e. The minimum Gasteiger partial charge on any atom is -0.207 e. The van der Waals surface area contributed by atoms with E-state index in [1.165, 1.54) is 30.4 Å². The van der Waals surface area contributed by atoms with Crippen molar-refractivity contribution in [3.05, 3.63) is 29.1 Å². The van der Waals surface area contributed by atoms with Gasteiger partial charge in [-0.1, -0.05) is 0 Å². The molecule has 3 nitrogen and oxygen atoms in total. The zero-order chi connectivity index (χ0) is 16.2. The zero-order valence-corrected chi connectivity index (χ0v) is 15.1. The third-order valence-corrected chi connectivity index (χ3v) is 6.58. The van der Waals surface area contributed by atoms with E-state index in [0.717, 1.165) is 12.2 Å². The fraction of sp³-hybridized carbons (Fsp3) is 0.571. The molecule has 0 saturated heterocycles. The van der Waals surface area contributed by atoms with Crippen LogP contribution in [-0.2, 0) is 15.9 Å². The molecule has 0 aliphatic carbocycles. The lowest BCUT2D eigenvalue weighted by atomic mass is 10.1. The molecule has 0 N–H and O–H groups in total. The van der Waals surface area contributed by atoms with Gasteiger partial charge < -0.3 is 0 Å². The SMILES string of the molecule is CSCCC(C)N(C)S(=O)(=O)c1cc(CCl)cc(F)c1C. The number of rotatable bonds is 7. The van der Waals surface area contributed by atoms with Crippen molar-refractivity contribution in [2.24, 2.45) is 0 Å². The van der Waals surface area contributed by atoms with Crippen molar-refractivity contribution in [1.29, 1.82) is 0 Å². The number of hydrogen-bond acceptors (Lipinski definition) is 3. The maximum atomic E-state index is 13.9. The first-order valence-electron chi connectivity index (χ1n) is 6.57. The third-order valence-electron chi connectivity index (χ3n) is 3.53. The molecule has 1 atom stereocenters. The second-order valence-corrected chi connectivity index (χ2v) is 8.20. The molecule has 0 spiro atoms. The summed E-state index contributed by atoms with van der Waals surface area (Å²) in [6, 6.07) is 2.58. The second-order valence-electron chi connectivity index (χ2n) is 4.99. The number of sulfonamides is 1. The first kappa shape index (κ1) is 18.7. The van der Waals surface area contributed by atoms with Gasteiger partial charge in [-0.3, -0.25) is 0 Å². The first-order valence-corrected chi connectivity index (χ1v) is 9.94. The minimum absolute atomic E-state index is 0.00310. The number of thioether (sulfide) groups is 1. The van der Waals surface area contributed by atoms with Crippen molar-refractivity contribution in [1.82, 2.24) is 4.31 Å². The smallest absolute Gasteiger partial charge is 0.207 e. The topological polar surface area (TPSA) is 37.4 Å². The van der Waals surface area contributed by atoms with Gasteiger partial charge in [-0.2, -0.15) is 16.1 Å². The Morgan fingerprint density at radius 1 is 1.43 bits per heavy atom. The van der Waals surface area contributed by atoms with E-state index >= 15 is 0 Å². The van der Waals surface area contributed by atoms with Gasteiger partial charge >= 0.3 is 0 Å². The quantitative estimate of drug-likeness (QED) is 0.702. The molecule has 1 aromatic carbocycles. The molecular formula is C14H21ClFNO2S2. The molecule has 120 valence electrons. The van der Waals surface area contributed by atoms with Gasteiger partial charge in [0, 0.05) is 24.5 Å². The summed E-state index contributed by atoms with van der Waals surface area (Å²) < 4.78 is 40.6. The lowest BCUT2D eigenvalue weighted by Gasteiger charge is -2.25. The molecule has 21 heavy (non-hydrogen) atoms. The van der Waals surface area contributed by atoms with Crippen LogP contribution < -0.4 is 0 Å². The van der Waals surface area contributed by atoms with Crippen LogP contribution in [0, 0.1) is 12.7 Å². The van der Waals surface area contributed by atoms with Crippen molar-refractivity contribution in [2.45, 2.75) is 37.1 Å². The lowest BCUT2D eigenvalue weighted by molar-refractivity contribution is 0.382. The Hall–Kier alpha value is -0.300. The molecule has 1 unspecified atom stereocenters. The van der Waals surface area contributed by atoms with Gasteiger partial charge in [-0.05, 0) is 50.0 Å². The molecule has 0 bridgehead atoms. The lowest BCUT2D eigenvalue weighted by Crippen LogP contribution is -2.36. The first-order chi connectivity index (χ1) is 9.75. The van der Waals surface area contributed by atoms with Gasteiger partial charge in [0.15, 0.2) is 0 Å². The van der Waals surface area contributed by atoms with Gasteiger partial charge in [0.25, 0.3) is 0 Å². The number of nitrogens with zero attached hydrogens (tertiary/aromatic N) is 1. The Balaban J connectivity index is 3.21. The Morgan fingerprint density at radius 3 is 2.57 bits per heavy atom. The third kappa shape index (κ3) is 4.34. The van der Waals surface area contributed by atoms with Crippen LogP contribution in [0.4, 0.5) is 4.39 Å². The number of alkyl halides is 1. The molecule has 1 rings (SSSR count). The van der Waals surface area contributed by atoms with Crippen molar-refractivity contribution in [3.8, 4) is 0 Å². The van der Waals surface area contributed by atoms with Gasteiger partial charge in [-0.25, -0.2) is 12.8 Å². The normalized spacial score (nSPS) is 13.7. The molecule has 0 aliphatic rings. The maximum Gasteiger partial charge on any atom is 0.243 e. The Morgan fingerprint density at radius 2 is 2.05 bits per heavy atom. The van der Waals surface area contributed by atoms with Crippen LogP contribution in [0.5, 0.6) is 0 Å². The van der Waals surface area contributed by atoms with Crippen LogP contribution in [0.25, 0.3) is 0 Å². The average molecular weight is 354 g/mol. The summed E-state index contributed by atoms with van der Waals surface area (Å²) in [6.07, 6.45) is 2.72. The Kier molecular flexibility index (Phi) is 6.97. The van der Waals surface area contributed by atoms with Crippen molar-refractivity contribution >= 4 is 33.4 Å². The summed E-state index contributed by atoms with van der Waals surface area (Å²) in [5.74, 6) is 0.401. The number of halogens is 2. The summed E-state index contributed by atoms with van der Waals surface area (Å²) in [6.45, 7) is 3.32. The van der Waals surface area contributed by atoms with E-state index < -0.39 is 15.8 Å². The summed E-state index contributed by atoms with van der Waals surface area (Å²) in [5, 5.41) is 0. The van der Waals surface area contributed by atoms with Crippen LogP contribution in [0.15, 0.2) is 17.0 Å². The number of hydrogen-bond donors (Lipinski definition) is 0. The van der Waals surface area contributed by atoms with Gasteiger partial charge in [-0.15, -0.1) is 11.6 Å². The van der Waals surface area contributed by atoms with E-state index in [1.807, 2.05) is 13.2 Å². The Labute approximate surface area is 135 Å². The van der Waals surface area contributed by atoms with Crippen LogP contribution in [-0.4, -0.2) is 37.8 Å². The molecule has 0 heterocycles. The second kappa shape index (κ2) is 7.81. The fourth-order valence-electron chi connectivity index (χ4n) is 1.91. The zero-order valence-electron chi connectivity index (χ0n) is 12.7. The summed E-state index contributed by atoms with van der Waals surface area (Å²) >= 11 is 7.37. The van der Waals surface area contributed by atoms with Gasteiger partial charge in [0.1, 0.15) is 5.82 Å². The predicted molar refractivity (Wildman–Crippen MR) is 88.1 cm³/mol. The van der Waals surface area contributed by atoms with E-state index in [4.69, 9.17) is 11.6 Å². The molecule has 1 aromatic rings. The van der Waals surface area contributed by atoms with E-state index in [0.29, 0.717) is 5.56 Å². The summed E-state index contributed by atoms with van der Waals surface area (Å²) in [7, 11) is -2.20. The Bertz CT molecular complexity index is 593. The molecule has 0 amide bonds. The molecule has 0 radical (unpaired) electrons. The molecule has 0 aromatic heterocycles. The minimum atomic E-state index is -3.73. The highest BCUT2D eigenvalue weighted by Crippen LogP contribution is 2.26. The molecule has 0 saturated carbocycles. The van der Waals surface area contributed by atoms with Crippen molar-refractivity contribution in [2.75, 3.05) is 19.1 Å². The molecule has 7 heteroatoms. The van der Waals surface area contributed by atoms with Crippen molar-refractivity contribution < 1.29 is 12.8 Å². The molecule has 0 fully saturated rings. The highest BCUT2D eigenvalue weighted by Gasteiger charge is 2.28. The van der Waals surface area contributed by atoms with E-state index in [-0.39, 0.29) is 22.4 Å². The maximum absolute atomic E-state index is 13.9. The van der Waals surface area contributed by atoms with E-state index in [9.17, 15) is 12.8 Å². The standard InChI is InChI=1S/C14H21ClFNO2S2/c1-10(5-6-20-4)17(3)21(18,19)14-8-12(9-15)7-13(16)11(14)2/h7-8,10H,5-6,9H2,1-4H3.